The van der Waals surface area contributed by atoms with E-state index >= 15 is 0 Å². The summed E-state index contributed by atoms with van der Waals surface area (Å²) < 4.78 is 42.8. The number of aromatic nitrogens is 2. The van der Waals surface area contributed by atoms with Crippen molar-refractivity contribution in [1.29, 1.82) is 5.26 Å². The molecule has 0 aliphatic carbocycles. The number of benzene rings is 3. The Labute approximate surface area is 272 Å². The maximum absolute atomic E-state index is 13.0. The minimum atomic E-state index is -3.17. The summed E-state index contributed by atoms with van der Waals surface area (Å²) in [5, 5.41) is 21.7. The molecule has 1 aliphatic heterocycles. The fourth-order valence-electron chi connectivity index (χ4n) is 6.03. The van der Waals surface area contributed by atoms with Crippen LogP contribution in [0.1, 0.15) is 41.3 Å². The van der Waals surface area contributed by atoms with Crippen LogP contribution >= 0.6 is 8.25 Å². The molecule has 0 radical (unpaired) electrons. The van der Waals surface area contributed by atoms with Crippen molar-refractivity contribution in [2.45, 2.75) is 49.7 Å². The van der Waals surface area contributed by atoms with Crippen molar-refractivity contribution in [2.75, 3.05) is 20.8 Å². The summed E-state index contributed by atoms with van der Waals surface area (Å²) in [6, 6.07) is 25.9. The van der Waals surface area contributed by atoms with Crippen molar-refractivity contribution in [3.63, 3.8) is 0 Å². The molecule has 5 atom stereocenters. The highest BCUT2D eigenvalue weighted by molar-refractivity contribution is 7.33. The Morgan fingerprint density at radius 3 is 2.13 bits per heavy atom. The molecule has 1 aliphatic rings. The first kappa shape index (κ1) is 33.9. The summed E-state index contributed by atoms with van der Waals surface area (Å²) in [5.74, 6) is 1.22. The number of nitriles is 1. The standard InChI is InChI=1S/C34H36N3O9P/c1-22-21-37(33(40)36-32(22)39)29-20-28(46-47(41)44-19-7-18-35)30(45-29)31(38)34(23-8-5-4-6-9-23,24-10-14-26(42-2)15-11-24)25-12-16-27(43-3)17-13-25/h4-6,8-17,21,28-31,38,47H,7,19-20H2,1-3H3,(H,36,39,40)/t28-,29+,30-,31?/m0/s1. The highest BCUT2D eigenvalue weighted by Gasteiger charge is 2.53. The molecule has 13 heteroatoms. The van der Waals surface area contributed by atoms with Gasteiger partial charge in [-0.15, -0.1) is 0 Å². The maximum atomic E-state index is 13.0. The van der Waals surface area contributed by atoms with Gasteiger partial charge in [-0.2, -0.15) is 5.26 Å². The van der Waals surface area contributed by atoms with Crippen molar-refractivity contribution in [2.24, 2.45) is 0 Å². The summed E-state index contributed by atoms with van der Waals surface area (Å²) >= 11 is 0. The van der Waals surface area contributed by atoms with Crippen LogP contribution in [0.4, 0.5) is 0 Å². The fourth-order valence-corrected chi connectivity index (χ4v) is 6.85. The molecule has 5 rings (SSSR count). The van der Waals surface area contributed by atoms with E-state index in [-0.39, 0.29) is 25.0 Å². The van der Waals surface area contributed by atoms with Crippen LogP contribution in [-0.4, -0.2) is 53.8 Å². The first-order valence-corrected chi connectivity index (χ1v) is 16.2. The normalized spacial score (nSPS) is 19.1. The number of nitrogens with one attached hydrogen (secondary N) is 1. The van der Waals surface area contributed by atoms with Crippen molar-refractivity contribution in [3.05, 3.63) is 128 Å². The third-order valence-electron chi connectivity index (χ3n) is 8.33. The van der Waals surface area contributed by atoms with Gasteiger partial charge in [0.2, 0.25) is 0 Å². The van der Waals surface area contributed by atoms with E-state index in [2.05, 4.69) is 4.98 Å². The lowest BCUT2D eigenvalue weighted by molar-refractivity contribution is -0.0946. The van der Waals surface area contributed by atoms with Gasteiger partial charge in [0, 0.05) is 18.2 Å². The van der Waals surface area contributed by atoms with Crippen LogP contribution in [0.3, 0.4) is 0 Å². The van der Waals surface area contributed by atoms with Gasteiger partial charge >= 0.3 is 13.9 Å². The van der Waals surface area contributed by atoms with Crippen LogP contribution in [0.5, 0.6) is 11.5 Å². The molecule has 2 N–H and O–H groups in total. The van der Waals surface area contributed by atoms with E-state index in [0.717, 1.165) is 0 Å². The molecule has 0 saturated carbocycles. The van der Waals surface area contributed by atoms with Crippen LogP contribution in [0.2, 0.25) is 0 Å². The molecule has 0 amide bonds. The Hall–Kier alpha value is -4.50. The van der Waals surface area contributed by atoms with Crippen molar-refractivity contribution in [3.8, 4) is 17.6 Å². The zero-order chi connectivity index (χ0) is 33.6. The number of aliphatic hydroxyl groups is 1. The van der Waals surface area contributed by atoms with Gasteiger partial charge in [0.15, 0.2) is 0 Å². The lowest BCUT2D eigenvalue weighted by Gasteiger charge is -2.43. The minimum absolute atomic E-state index is 0.00766. The molecule has 0 bridgehead atoms. The number of rotatable bonds is 13. The van der Waals surface area contributed by atoms with Crippen molar-refractivity contribution in [1.82, 2.24) is 9.55 Å². The van der Waals surface area contributed by atoms with Gasteiger partial charge in [0.1, 0.15) is 36.0 Å². The molecule has 3 aromatic carbocycles. The fraction of sp³-hybridized carbons (Fsp3) is 0.324. The van der Waals surface area contributed by atoms with Gasteiger partial charge in [-0.1, -0.05) is 54.6 Å². The van der Waals surface area contributed by atoms with E-state index < -0.39 is 49.5 Å². The molecule has 1 saturated heterocycles. The zero-order valence-corrected chi connectivity index (χ0v) is 27.1. The van der Waals surface area contributed by atoms with Crippen LogP contribution in [0, 0.1) is 18.3 Å². The Morgan fingerprint density at radius 1 is 1.00 bits per heavy atom. The summed E-state index contributed by atoms with van der Waals surface area (Å²) in [7, 11) is -0.0389. The van der Waals surface area contributed by atoms with Gasteiger partial charge < -0.3 is 28.4 Å². The first-order chi connectivity index (χ1) is 22.7. The Morgan fingerprint density at radius 2 is 1.57 bits per heavy atom. The maximum Gasteiger partial charge on any atom is 0.330 e. The third kappa shape index (κ3) is 6.95. The largest absolute Gasteiger partial charge is 0.497 e. The molecular formula is C34H36N3O9P. The summed E-state index contributed by atoms with van der Waals surface area (Å²) in [5.41, 5.74) is -0.207. The topological polar surface area (TPSA) is 162 Å². The number of aromatic amines is 1. The predicted octanol–water partition coefficient (Wildman–Crippen LogP) is 4.25. The van der Waals surface area contributed by atoms with E-state index in [4.69, 9.17) is 28.5 Å². The second-order valence-electron chi connectivity index (χ2n) is 11.0. The average Bonchev–Trinajstić information content (AvgIpc) is 3.50. The number of aliphatic hydroxyl groups excluding tert-OH is 1. The van der Waals surface area contributed by atoms with Gasteiger partial charge in [-0.05, 0) is 47.9 Å². The molecule has 12 nitrogen and oxygen atoms in total. The molecule has 246 valence electrons. The van der Waals surface area contributed by atoms with Gasteiger partial charge in [0.05, 0.1) is 38.7 Å². The molecule has 1 fully saturated rings. The molecule has 0 spiro atoms. The van der Waals surface area contributed by atoms with Crippen LogP contribution in [-0.2, 0) is 23.8 Å². The monoisotopic (exact) mass is 661 g/mol. The van der Waals surface area contributed by atoms with E-state index in [1.54, 1.807) is 45.4 Å². The minimum Gasteiger partial charge on any atom is -0.497 e. The zero-order valence-electron chi connectivity index (χ0n) is 26.1. The quantitative estimate of drug-likeness (QED) is 0.120. The van der Waals surface area contributed by atoms with Gasteiger partial charge in [-0.3, -0.25) is 18.9 Å². The van der Waals surface area contributed by atoms with Crippen molar-refractivity contribution >= 4 is 8.25 Å². The van der Waals surface area contributed by atoms with Crippen LogP contribution < -0.4 is 20.7 Å². The summed E-state index contributed by atoms with van der Waals surface area (Å²) in [6.45, 7) is 1.45. The Kier molecular flexibility index (Phi) is 10.8. The van der Waals surface area contributed by atoms with E-state index in [1.165, 1.54) is 10.8 Å². The average molecular weight is 662 g/mol. The highest BCUT2D eigenvalue weighted by atomic mass is 31.1. The number of ether oxygens (including phenoxy) is 3. The van der Waals surface area contributed by atoms with Crippen LogP contribution in [0.15, 0.2) is 94.6 Å². The van der Waals surface area contributed by atoms with E-state index in [9.17, 15) is 19.3 Å². The van der Waals surface area contributed by atoms with E-state index in [0.29, 0.717) is 28.2 Å². The second kappa shape index (κ2) is 14.9. The van der Waals surface area contributed by atoms with E-state index in [1.807, 2.05) is 60.7 Å². The lowest BCUT2D eigenvalue weighted by atomic mass is 9.64. The SMILES string of the molecule is COc1ccc(C(c2ccccc2)(c2ccc(OC)cc2)C(O)[C@H]2O[C@@H](n3cc(C)c(=O)[nH]c3=O)C[C@@H]2O[PH](=O)OCCC#N)cc1. The summed E-state index contributed by atoms with van der Waals surface area (Å²) in [6.07, 6.45) is -3.28. The number of methoxy groups -OCH3 is 2. The molecule has 47 heavy (non-hydrogen) atoms. The van der Waals surface area contributed by atoms with Crippen molar-refractivity contribution < 1.29 is 32.9 Å². The number of H-pyrrole nitrogens is 1. The molecule has 2 heterocycles. The Bertz CT molecular complexity index is 1790. The second-order valence-corrected chi connectivity index (χ2v) is 12.0. The smallest absolute Gasteiger partial charge is 0.330 e. The van der Waals surface area contributed by atoms with Gasteiger partial charge in [-0.25, -0.2) is 4.79 Å². The number of hydrogen-bond donors (Lipinski definition) is 2. The first-order valence-electron chi connectivity index (χ1n) is 14.9. The summed E-state index contributed by atoms with van der Waals surface area (Å²) in [4.78, 5) is 27.4. The highest BCUT2D eigenvalue weighted by Crippen LogP contribution is 2.48. The number of nitrogens with zero attached hydrogens (tertiary/aromatic N) is 2. The predicted molar refractivity (Wildman–Crippen MR) is 173 cm³/mol. The number of aryl methyl sites for hydroxylation is 1. The lowest BCUT2D eigenvalue weighted by Crippen LogP contribution is -2.51. The van der Waals surface area contributed by atoms with Gasteiger partial charge in [0.25, 0.3) is 5.56 Å². The molecule has 1 aromatic heterocycles. The Balaban J connectivity index is 1.69. The number of hydrogen-bond acceptors (Lipinski definition) is 10. The molecule has 4 aromatic rings. The third-order valence-corrected chi connectivity index (χ3v) is 9.26. The van der Waals surface area contributed by atoms with Crippen LogP contribution in [0.25, 0.3) is 0 Å². The molecule has 2 unspecified atom stereocenters. The molecular weight excluding hydrogens is 625 g/mol.